The first-order valence-corrected chi connectivity index (χ1v) is 9.22. The van der Waals surface area contributed by atoms with Crippen molar-refractivity contribution in [3.05, 3.63) is 0 Å². The summed E-state index contributed by atoms with van der Waals surface area (Å²) < 4.78 is 11.0. The number of hydrogen-bond donors (Lipinski definition) is 2. The highest BCUT2D eigenvalue weighted by Crippen LogP contribution is 2.27. The lowest BCUT2D eigenvalue weighted by molar-refractivity contribution is -0.0171. The SMILES string of the molecule is CSC1CCCCC1NCC(O)COCC1CCCO1. The molecule has 1 aliphatic heterocycles. The Balaban J connectivity index is 1.55. The molecule has 1 saturated carbocycles. The van der Waals surface area contributed by atoms with Crippen molar-refractivity contribution in [2.24, 2.45) is 0 Å². The van der Waals surface area contributed by atoms with E-state index in [0.29, 0.717) is 31.1 Å². The van der Waals surface area contributed by atoms with Crippen LogP contribution in [0.3, 0.4) is 0 Å². The summed E-state index contributed by atoms with van der Waals surface area (Å²) in [7, 11) is 0. The molecule has 0 spiro atoms. The molecule has 1 heterocycles. The number of aliphatic hydroxyl groups is 1. The van der Waals surface area contributed by atoms with E-state index in [9.17, 15) is 5.11 Å². The molecular weight excluding hydrogens is 274 g/mol. The lowest BCUT2D eigenvalue weighted by atomic mass is 9.95. The summed E-state index contributed by atoms with van der Waals surface area (Å²) in [5.41, 5.74) is 0. The van der Waals surface area contributed by atoms with Crippen LogP contribution in [0.2, 0.25) is 0 Å². The van der Waals surface area contributed by atoms with E-state index in [-0.39, 0.29) is 6.10 Å². The Hall–Kier alpha value is 0.190. The van der Waals surface area contributed by atoms with Crippen molar-refractivity contribution in [2.75, 3.05) is 32.6 Å². The number of nitrogens with one attached hydrogen (secondary N) is 1. The smallest absolute Gasteiger partial charge is 0.0897 e. The second-order valence-electron chi connectivity index (χ2n) is 5.90. The van der Waals surface area contributed by atoms with Gasteiger partial charge in [0.25, 0.3) is 0 Å². The van der Waals surface area contributed by atoms with Gasteiger partial charge in [-0.05, 0) is 31.9 Å². The van der Waals surface area contributed by atoms with Crippen LogP contribution in [-0.2, 0) is 9.47 Å². The maximum absolute atomic E-state index is 9.98. The Bertz CT molecular complexity index is 262. The monoisotopic (exact) mass is 303 g/mol. The molecule has 20 heavy (non-hydrogen) atoms. The van der Waals surface area contributed by atoms with Crippen molar-refractivity contribution in [3.8, 4) is 0 Å². The van der Waals surface area contributed by atoms with Crippen molar-refractivity contribution in [1.82, 2.24) is 5.32 Å². The van der Waals surface area contributed by atoms with Crippen LogP contribution in [0.15, 0.2) is 0 Å². The standard InChI is InChI=1S/C15H29NO3S/c1-20-15-7-3-2-6-14(15)16-9-12(17)10-18-11-13-5-4-8-19-13/h12-17H,2-11H2,1H3. The van der Waals surface area contributed by atoms with Gasteiger partial charge in [0.1, 0.15) is 0 Å². The van der Waals surface area contributed by atoms with E-state index in [1.54, 1.807) is 0 Å². The molecule has 0 aromatic carbocycles. The van der Waals surface area contributed by atoms with E-state index in [1.165, 1.54) is 25.7 Å². The Morgan fingerprint density at radius 1 is 1.30 bits per heavy atom. The molecule has 0 radical (unpaired) electrons. The first kappa shape index (κ1) is 16.6. The summed E-state index contributed by atoms with van der Waals surface area (Å²) >= 11 is 1.95. The second-order valence-corrected chi connectivity index (χ2v) is 6.98. The lowest BCUT2D eigenvalue weighted by Gasteiger charge is -2.31. The molecule has 1 saturated heterocycles. The maximum Gasteiger partial charge on any atom is 0.0897 e. The van der Waals surface area contributed by atoms with E-state index in [2.05, 4.69) is 11.6 Å². The topological polar surface area (TPSA) is 50.7 Å². The number of ether oxygens (including phenoxy) is 2. The van der Waals surface area contributed by atoms with Gasteiger partial charge in [0.05, 0.1) is 25.4 Å². The fraction of sp³-hybridized carbons (Fsp3) is 1.00. The Labute approximate surface area is 127 Å². The largest absolute Gasteiger partial charge is 0.389 e. The number of rotatable bonds is 8. The third kappa shape index (κ3) is 5.53. The Morgan fingerprint density at radius 3 is 2.90 bits per heavy atom. The van der Waals surface area contributed by atoms with Gasteiger partial charge >= 0.3 is 0 Å². The molecule has 0 amide bonds. The molecule has 2 fully saturated rings. The number of thioether (sulfide) groups is 1. The predicted octanol–water partition coefficient (Wildman–Crippen LogP) is 1.81. The molecule has 118 valence electrons. The number of aliphatic hydroxyl groups excluding tert-OH is 1. The third-order valence-corrected chi connectivity index (χ3v) is 5.43. The molecule has 4 atom stereocenters. The van der Waals surface area contributed by atoms with E-state index in [4.69, 9.17) is 9.47 Å². The Morgan fingerprint density at radius 2 is 2.15 bits per heavy atom. The van der Waals surface area contributed by atoms with Crippen LogP contribution in [0.4, 0.5) is 0 Å². The van der Waals surface area contributed by atoms with Crippen molar-refractivity contribution in [3.63, 3.8) is 0 Å². The zero-order valence-corrected chi connectivity index (χ0v) is 13.4. The zero-order chi connectivity index (χ0) is 14.2. The van der Waals surface area contributed by atoms with Crippen LogP contribution in [-0.4, -0.2) is 61.2 Å². The highest BCUT2D eigenvalue weighted by atomic mass is 32.2. The van der Waals surface area contributed by atoms with Gasteiger partial charge < -0.3 is 19.9 Å². The van der Waals surface area contributed by atoms with Crippen molar-refractivity contribution >= 4 is 11.8 Å². The van der Waals surface area contributed by atoms with E-state index >= 15 is 0 Å². The quantitative estimate of drug-likeness (QED) is 0.716. The third-order valence-electron chi connectivity index (χ3n) is 4.26. The number of hydrogen-bond acceptors (Lipinski definition) is 5. The van der Waals surface area contributed by atoms with Gasteiger partial charge in [-0.15, -0.1) is 0 Å². The van der Waals surface area contributed by atoms with Gasteiger partial charge in [0, 0.05) is 24.4 Å². The van der Waals surface area contributed by atoms with Gasteiger partial charge in [0.2, 0.25) is 0 Å². The minimum Gasteiger partial charge on any atom is -0.389 e. The molecule has 2 rings (SSSR count). The average molecular weight is 303 g/mol. The van der Waals surface area contributed by atoms with Crippen LogP contribution in [0.1, 0.15) is 38.5 Å². The minimum absolute atomic E-state index is 0.245. The van der Waals surface area contributed by atoms with Gasteiger partial charge in [-0.25, -0.2) is 0 Å². The molecule has 4 unspecified atom stereocenters. The fourth-order valence-corrected chi connectivity index (χ4v) is 4.03. The maximum atomic E-state index is 9.98. The van der Waals surface area contributed by atoms with Crippen molar-refractivity contribution < 1.29 is 14.6 Å². The summed E-state index contributed by atoms with van der Waals surface area (Å²) in [5.74, 6) is 0. The van der Waals surface area contributed by atoms with E-state index in [0.717, 1.165) is 19.4 Å². The zero-order valence-electron chi connectivity index (χ0n) is 12.6. The Kier molecular flexibility index (Phi) is 7.66. The molecular formula is C15H29NO3S. The summed E-state index contributed by atoms with van der Waals surface area (Å²) in [6, 6.07) is 0.548. The van der Waals surface area contributed by atoms with Crippen LogP contribution in [0, 0.1) is 0 Å². The summed E-state index contributed by atoms with van der Waals surface area (Å²) in [4.78, 5) is 0. The molecule has 2 N–H and O–H groups in total. The minimum atomic E-state index is -0.416. The normalized spacial score (nSPS) is 32.4. The van der Waals surface area contributed by atoms with Crippen LogP contribution >= 0.6 is 11.8 Å². The molecule has 0 aromatic heterocycles. The van der Waals surface area contributed by atoms with Crippen LogP contribution in [0.25, 0.3) is 0 Å². The van der Waals surface area contributed by atoms with Gasteiger partial charge in [0.15, 0.2) is 0 Å². The molecule has 0 aromatic rings. The van der Waals surface area contributed by atoms with E-state index < -0.39 is 6.10 Å². The van der Waals surface area contributed by atoms with Gasteiger partial charge in [-0.3, -0.25) is 0 Å². The first-order valence-electron chi connectivity index (χ1n) is 7.93. The highest BCUT2D eigenvalue weighted by Gasteiger charge is 2.24. The van der Waals surface area contributed by atoms with Crippen LogP contribution in [0.5, 0.6) is 0 Å². The molecule has 1 aliphatic carbocycles. The second kappa shape index (κ2) is 9.26. The fourth-order valence-electron chi connectivity index (χ4n) is 3.07. The molecule has 4 nitrogen and oxygen atoms in total. The van der Waals surface area contributed by atoms with Gasteiger partial charge in [-0.2, -0.15) is 11.8 Å². The average Bonchev–Trinajstić information content (AvgIpc) is 2.98. The highest BCUT2D eigenvalue weighted by molar-refractivity contribution is 7.99. The van der Waals surface area contributed by atoms with Crippen LogP contribution < -0.4 is 5.32 Å². The molecule has 2 aliphatic rings. The molecule has 0 bridgehead atoms. The predicted molar refractivity (Wildman–Crippen MR) is 83.4 cm³/mol. The van der Waals surface area contributed by atoms with E-state index in [1.807, 2.05) is 11.8 Å². The van der Waals surface area contributed by atoms with Gasteiger partial charge in [-0.1, -0.05) is 12.8 Å². The first-order chi connectivity index (χ1) is 9.79. The van der Waals surface area contributed by atoms with Crippen molar-refractivity contribution in [1.29, 1.82) is 0 Å². The lowest BCUT2D eigenvalue weighted by Crippen LogP contribution is -2.44. The van der Waals surface area contributed by atoms with Crippen molar-refractivity contribution in [2.45, 2.75) is 62.0 Å². The summed E-state index contributed by atoms with van der Waals surface area (Å²) in [5, 5.41) is 14.2. The molecule has 5 heteroatoms. The summed E-state index contributed by atoms with van der Waals surface area (Å²) in [6.07, 6.45) is 9.42. The summed E-state index contributed by atoms with van der Waals surface area (Å²) in [6.45, 7) is 2.51.